The molecule has 4 N–H and O–H groups in total. The van der Waals surface area contributed by atoms with Crippen LogP contribution < -0.4 is 11.1 Å². The Morgan fingerprint density at radius 1 is 1.65 bits per heavy atom. The van der Waals surface area contributed by atoms with Gasteiger partial charge >= 0.3 is 6.03 Å². The zero-order chi connectivity index (χ0) is 13.0. The van der Waals surface area contributed by atoms with Crippen molar-refractivity contribution in [3.8, 4) is 0 Å². The predicted molar refractivity (Wildman–Crippen MR) is 57.7 cm³/mol. The van der Waals surface area contributed by atoms with Crippen LogP contribution in [-0.4, -0.2) is 32.0 Å². The maximum Gasteiger partial charge on any atom is 0.318 e. The summed E-state index contributed by atoms with van der Waals surface area (Å²) < 4.78 is 1.26. The highest BCUT2D eigenvalue weighted by molar-refractivity contribution is 5.95. The zero-order valence-corrected chi connectivity index (χ0v) is 9.62. The fourth-order valence-corrected chi connectivity index (χ4v) is 1.19. The zero-order valence-electron chi connectivity index (χ0n) is 9.62. The molecule has 0 spiro atoms. The molecule has 0 saturated heterocycles. The Bertz CT molecular complexity index is 417. The van der Waals surface area contributed by atoms with Gasteiger partial charge in [-0.1, -0.05) is 12.1 Å². The van der Waals surface area contributed by atoms with Crippen LogP contribution >= 0.6 is 0 Å². The SMILES string of the molecule is CCC(O)c1cn(C(C)C(=O)NC(N)=O)nn1. The molecular formula is C9H15N5O3. The molecule has 1 rings (SSSR count). The first-order valence-electron chi connectivity index (χ1n) is 5.15. The van der Waals surface area contributed by atoms with E-state index in [0.29, 0.717) is 12.1 Å². The molecule has 0 bridgehead atoms. The summed E-state index contributed by atoms with van der Waals surface area (Å²) in [6.07, 6.45) is 1.25. The lowest BCUT2D eigenvalue weighted by atomic mass is 10.2. The molecule has 0 aliphatic carbocycles. The second-order valence-electron chi connectivity index (χ2n) is 3.58. The van der Waals surface area contributed by atoms with Crippen LogP contribution in [0.15, 0.2) is 6.20 Å². The molecule has 94 valence electrons. The number of amides is 3. The highest BCUT2D eigenvalue weighted by Crippen LogP contribution is 2.14. The van der Waals surface area contributed by atoms with Crippen molar-refractivity contribution in [2.75, 3.05) is 0 Å². The first-order chi connectivity index (χ1) is 7.95. The minimum absolute atomic E-state index is 0.381. The van der Waals surface area contributed by atoms with Crippen LogP contribution in [0.1, 0.15) is 38.1 Å². The van der Waals surface area contributed by atoms with Crippen molar-refractivity contribution in [3.05, 3.63) is 11.9 Å². The maximum absolute atomic E-state index is 11.4. The number of aromatic nitrogens is 3. The number of nitrogens with zero attached hydrogens (tertiary/aromatic N) is 3. The van der Waals surface area contributed by atoms with E-state index >= 15 is 0 Å². The molecule has 0 radical (unpaired) electrons. The number of aliphatic hydroxyl groups is 1. The average molecular weight is 241 g/mol. The summed E-state index contributed by atoms with van der Waals surface area (Å²) in [6.45, 7) is 3.34. The summed E-state index contributed by atoms with van der Waals surface area (Å²) >= 11 is 0. The molecule has 17 heavy (non-hydrogen) atoms. The highest BCUT2D eigenvalue weighted by Gasteiger charge is 2.19. The number of nitrogens with one attached hydrogen (secondary N) is 1. The number of primary amides is 1. The van der Waals surface area contributed by atoms with Crippen molar-refractivity contribution in [1.29, 1.82) is 0 Å². The van der Waals surface area contributed by atoms with Crippen LogP contribution in [0.5, 0.6) is 0 Å². The van der Waals surface area contributed by atoms with Crippen molar-refractivity contribution >= 4 is 11.9 Å². The topological polar surface area (TPSA) is 123 Å². The number of imide groups is 1. The fraction of sp³-hybridized carbons (Fsp3) is 0.556. The van der Waals surface area contributed by atoms with Gasteiger partial charge in [0.2, 0.25) is 0 Å². The van der Waals surface area contributed by atoms with Gasteiger partial charge in [-0.3, -0.25) is 10.1 Å². The molecule has 2 unspecified atom stereocenters. The maximum atomic E-state index is 11.4. The van der Waals surface area contributed by atoms with Crippen LogP contribution in [0.2, 0.25) is 0 Å². The Labute approximate surface area is 97.8 Å². The van der Waals surface area contributed by atoms with E-state index in [1.54, 1.807) is 6.92 Å². The summed E-state index contributed by atoms with van der Waals surface area (Å²) in [6, 6.07) is -1.65. The molecule has 8 nitrogen and oxygen atoms in total. The van der Waals surface area contributed by atoms with Crippen LogP contribution in [0, 0.1) is 0 Å². The Morgan fingerprint density at radius 3 is 2.82 bits per heavy atom. The number of aliphatic hydroxyl groups excluding tert-OH is 1. The quantitative estimate of drug-likeness (QED) is 0.654. The van der Waals surface area contributed by atoms with E-state index in [1.165, 1.54) is 17.8 Å². The van der Waals surface area contributed by atoms with Gasteiger partial charge in [0.25, 0.3) is 5.91 Å². The predicted octanol–water partition coefficient (Wildman–Crippen LogP) is -0.523. The molecule has 0 aliphatic rings. The lowest BCUT2D eigenvalue weighted by Gasteiger charge is -2.09. The molecular weight excluding hydrogens is 226 g/mol. The molecule has 0 saturated carbocycles. The molecule has 1 aromatic rings. The van der Waals surface area contributed by atoms with Gasteiger partial charge in [-0.05, 0) is 13.3 Å². The third-order valence-electron chi connectivity index (χ3n) is 2.28. The number of carbonyl (C=O) groups is 2. The molecule has 2 atom stereocenters. The number of rotatable bonds is 4. The van der Waals surface area contributed by atoms with E-state index in [9.17, 15) is 14.7 Å². The minimum atomic E-state index is -0.921. The van der Waals surface area contributed by atoms with Gasteiger partial charge in [-0.2, -0.15) is 0 Å². The molecule has 0 fully saturated rings. The first kappa shape index (κ1) is 13.1. The van der Waals surface area contributed by atoms with Gasteiger partial charge in [-0.25, -0.2) is 9.48 Å². The van der Waals surface area contributed by atoms with Crippen LogP contribution in [0.4, 0.5) is 4.79 Å². The Morgan fingerprint density at radius 2 is 2.29 bits per heavy atom. The minimum Gasteiger partial charge on any atom is -0.387 e. The van der Waals surface area contributed by atoms with Crippen LogP contribution in [0.25, 0.3) is 0 Å². The molecule has 3 amide bonds. The number of hydrogen-bond acceptors (Lipinski definition) is 5. The summed E-state index contributed by atoms with van der Waals surface area (Å²) in [5, 5.41) is 18.9. The van der Waals surface area contributed by atoms with E-state index in [0.717, 1.165) is 0 Å². The second kappa shape index (κ2) is 5.39. The monoisotopic (exact) mass is 241 g/mol. The molecule has 1 aromatic heterocycles. The van der Waals surface area contributed by atoms with E-state index in [2.05, 4.69) is 10.3 Å². The number of urea groups is 1. The van der Waals surface area contributed by atoms with Crippen LogP contribution in [-0.2, 0) is 4.79 Å². The van der Waals surface area contributed by atoms with Gasteiger partial charge in [0.15, 0.2) is 0 Å². The van der Waals surface area contributed by atoms with E-state index in [4.69, 9.17) is 5.73 Å². The van der Waals surface area contributed by atoms with Gasteiger partial charge in [0, 0.05) is 0 Å². The molecule has 0 aromatic carbocycles. The average Bonchev–Trinajstić information content (AvgIpc) is 2.75. The highest BCUT2D eigenvalue weighted by atomic mass is 16.3. The summed E-state index contributed by atoms with van der Waals surface area (Å²) in [5.41, 5.74) is 5.21. The van der Waals surface area contributed by atoms with Gasteiger partial charge in [-0.15, -0.1) is 5.10 Å². The largest absolute Gasteiger partial charge is 0.387 e. The van der Waals surface area contributed by atoms with Gasteiger partial charge < -0.3 is 10.8 Å². The first-order valence-corrected chi connectivity index (χ1v) is 5.15. The normalized spacial score (nSPS) is 14.1. The lowest BCUT2D eigenvalue weighted by Crippen LogP contribution is -2.39. The summed E-state index contributed by atoms with van der Waals surface area (Å²) in [7, 11) is 0. The summed E-state index contributed by atoms with van der Waals surface area (Å²) in [4.78, 5) is 21.9. The van der Waals surface area contributed by atoms with Crippen molar-refractivity contribution in [1.82, 2.24) is 20.3 Å². The fourth-order valence-electron chi connectivity index (χ4n) is 1.19. The standard InChI is InChI=1S/C9H15N5O3/c1-3-7(15)6-4-14(13-12-6)5(2)8(16)11-9(10)17/h4-5,7,15H,3H2,1-2H3,(H3,10,11,16,17). The number of hydrogen-bond donors (Lipinski definition) is 3. The number of carbonyl (C=O) groups excluding carboxylic acids is 2. The van der Waals surface area contributed by atoms with E-state index in [-0.39, 0.29) is 0 Å². The van der Waals surface area contributed by atoms with E-state index < -0.39 is 24.1 Å². The second-order valence-corrected chi connectivity index (χ2v) is 3.58. The van der Waals surface area contributed by atoms with Crippen LogP contribution in [0.3, 0.4) is 0 Å². The Kier molecular flexibility index (Phi) is 4.16. The smallest absolute Gasteiger partial charge is 0.318 e. The molecule has 0 aliphatic heterocycles. The Balaban J connectivity index is 2.76. The third-order valence-corrected chi connectivity index (χ3v) is 2.28. The summed E-state index contributed by atoms with van der Waals surface area (Å²) in [5.74, 6) is -0.583. The van der Waals surface area contributed by atoms with Gasteiger partial charge in [0.1, 0.15) is 11.7 Å². The van der Waals surface area contributed by atoms with Crippen molar-refractivity contribution < 1.29 is 14.7 Å². The van der Waals surface area contributed by atoms with Crippen molar-refractivity contribution in [2.24, 2.45) is 5.73 Å². The number of nitrogens with two attached hydrogens (primary N) is 1. The van der Waals surface area contributed by atoms with Crippen molar-refractivity contribution in [2.45, 2.75) is 32.4 Å². The van der Waals surface area contributed by atoms with Gasteiger partial charge in [0.05, 0.1) is 12.3 Å². The molecule has 1 heterocycles. The van der Waals surface area contributed by atoms with E-state index in [1.807, 2.05) is 5.32 Å². The third kappa shape index (κ3) is 3.25. The van der Waals surface area contributed by atoms with Crippen molar-refractivity contribution in [3.63, 3.8) is 0 Å². The lowest BCUT2D eigenvalue weighted by molar-refractivity contribution is -0.123. The molecule has 8 heteroatoms. The Hall–Kier alpha value is -1.96.